The fourth-order valence-electron chi connectivity index (χ4n) is 3.66. The summed E-state index contributed by atoms with van der Waals surface area (Å²) in [7, 11) is 3.00. The monoisotopic (exact) mass is 378 g/mol. The Bertz CT molecular complexity index is 1050. The molecule has 0 radical (unpaired) electrons. The number of fused-ring (bicyclic) bond motifs is 1. The second kappa shape index (κ2) is 7.03. The molecule has 2 aromatic carbocycles. The van der Waals surface area contributed by atoms with E-state index in [0.29, 0.717) is 17.9 Å². The summed E-state index contributed by atoms with van der Waals surface area (Å²) in [5.41, 5.74) is 4.36. The van der Waals surface area contributed by atoms with Gasteiger partial charge in [0.2, 0.25) is 11.7 Å². The molecule has 0 bridgehead atoms. The van der Waals surface area contributed by atoms with Crippen LogP contribution in [-0.2, 0) is 4.79 Å². The van der Waals surface area contributed by atoms with Crippen molar-refractivity contribution in [1.82, 2.24) is 4.98 Å². The molecule has 1 amide bonds. The van der Waals surface area contributed by atoms with Crippen LogP contribution in [0.1, 0.15) is 18.4 Å². The number of carbonyl (C=O) groups excluding carboxylic acids is 1. The standard InChI is InChI=1S/C22H22N2O4/c1-13-9-18(14-10-19(27-2)22(26)20(11-14)28-3)23-17-7-6-15(12-16(13)17)24-8-4-5-21(24)25/h6-7,9-12,26H,4-5,8H2,1-3H3. The van der Waals surface area contributed by atoms with Gasteiger partial charge in [0.1, 0.15) is 0 Å². The second-order valence-electron chi connectivity index (χ2n) is 6.90. The number of hydrogen-bond acceptors (Lipinski definition) is 5. The molecule has 0 saturated carbocycles. The molecule has 1 aromatic heterocycles. The van der Waals surface area contributed by atoms with Crippen LogP contribution < -0.4 is 14.4 Å². The van der Waals surface area contributed by atoms with Gasteiger partial charge in [-0.05, 0) is 55.3 Å². The van der Waals surface area contributed by atoms with Crippen LogP contribution in [-0.4, -0.2) is 36.8 Å². The number of amides is 1. The number of benzene rings is 2. The summed E-state index contributed by atoms with van der Waals surface area (Å²) in [6.45, 7) is 2.79. The lowest BCUT2D eigenvalue weighted by molar-refractivity contribution is -0.117. The van der Waals surface area contributed by atoms with E-state index in [1.54, 1.807) is 12.1 Å². The quantitative estimate of drug-likeness (QED) is 0.741. The van der Waals surface area contributed by atoms with Crippen molar-refractivity contribution < 1.29 is 19.4 Å². The molecule has 1 fully saturated rings. The smallest absolute Gasteiger partial charge is 0.227 e. The number of methoxy groups -OCH3 is 2. The minimum absolute atomic E-state index is 0.0359. The molecule has 0 spiro atoms. The SMILES string of the molecule is COc1cc(-c2cc(C)c3cc(N4CCCC4=O)ccc3n2)cc(OC)c1O. The summed E-state index contributed by atoms with van der Waals surface area (Å²) >= 11 is 0. The van der Waals surface area contributed by atoms with Gasteiger partial charge in [0, 0.05) is 29.6 Å². The number of anilines is 1. The molecule has 1 aliphatic heterocycles. The third kappa shape index (κ3) is 3.01. The van der Waals surface area contributed by atoms with E-state index >= 15 is 0 Å². The third-order valence-electron chi connectivity index (χ3n) is 5.16. The Labute approximate surface area is 163 Å². The number of nitrogens with zero attached hydrogens (tertiary/aromatic N) is 2. The van der Waals surface area contributed by atoms with Crippen molar-refractivity contribution in [3.8, 4) is 28.5 Å². The van der Waals surface area contributed by atoms with E-state index in [-0.39, 0.29) is 11.7 Å². The number of hydrogen-bond donors (Lipinski definition) is 1. The van der Waals surface area contributed by atoms with Gasteiger partial charge in [-0.2, -0.15) is 0 Å². The lowest BCUT2D eigenvalue weighted by Gasteiger charge is -2.17. The molecule has 2 heterocycles. The van der Waals surface area contributed by atoms with Gasteiger partial charge in [0.25, 0.3) is 0 Å². The molecule has 0 unspecified atom stereocenters. The number of phenols is 1. The molecule has 1 aliphatic rings. The number of aromatic nitrogens is 1. The first-order valence-corrected chi connectivity index (χ1v) is 9.19. The van der Waals surface area contributed by atoms with Gasteiger partial charge in [-0.15, -0.1) is 0 Å². The van der Waals surface area contributed by atoms with E-state index in [4.69, 9.17) is 14.5 Å². The molecule has 3 aromatic rings. The van der Waals surface area contributed by atoms with Crippen molar-refractivity contribution in [2.45, 2.75) is 19.8 Å². The Morgan fingerprint density at radius 2 is 1.79 bits per heavy atom. The van der Waals surface area contributed by atoms with Gasteiger partial charge in [-0.25, -0.2) is 4.98 Å². The van der Waals surface area contributed by atoms with Crippen LogP contribution in [0, 0.1) is 6.92 Å². The fourth-order valence-corrected chi connectivity index (χ4v) is 3.66. The van der Waals surface area contributed by atoms with Gasteiger partial charge in [0.15, 0.2) is 11.5 Å². The van der Waals surface area contributed by atoms with Gasteiger partial charge in [-0.1, -0.05) is 0 Å². The van der Waals surface area contributed by atoms with Crippen LogP contribution in [0.4, 0.5) is 5.69 Å². The molecule has 0 aliphatic carbocycles. The van der Waals surface area contributed by atoms with Crippen molar-refractivity contribution >= 4 is 22.5 Å². The van der Waals surface area contributed by atoms with E-state index in [1.807, 2.05) is 36.1 Å². The van der Waals surface area contributed by atoms with E-state index in [1.165, 1.54) is 14.2 Å². The van der Waals surface area contributed by atoms with Crippen LogP contribution >= 0.6 is 0 Å². The Morgan fingerprint density at radius 3 is 2.39 bits per heavy atom. The molecule has 6 heteroatoms. The Kier molecular flexibility index (Phi) is 4.55. The highest BCUT2D eigenvalue weighted by Gasteiger charge is 2.22. The summed E-state index contributed by atoms with van der Waals surface area (Å²) in [5.74, 6) is 0.796. The van der Waals surface area contributed by atoms with Crippen LogP contribution in [0.2, 0.25) is 0 Å². The normalized spacial score (nSPS) is 14.0. The maximum atomic E-state index is 12.0. The maximum absolute atomic E-state index is 12.0. The molecule has 144 valence electrons. The van der Waals surface area contributed by atoms with E-state index in [9.17, 15) is 9.90 Å². The number of aromatic hydroxyl groups is 1. The Morgan fingerprint density at radius 1 is 1.07 bits per heavy atom. The van der Waals surface area contributed by atoms with Crippen molar-refractivity contribution in [2.24, 2.45) is 0 Å². The molecule has 28 heavy (non-hydrogen) atoms. The van der Waals surface area contributed by atoms with Gasteiger partial charge < -0.3 is 19.5 Å². The Hall–Kier alpha value is -3.28. The van der Waals surface area contributed by atoms with Crippen LogP contribution in [0.5, 0.6) is 17.2 Å². The Balaban J connectivity index is 1.81. The van der Waals surface area contributed by atoms with E-state index in [2.05, 4.69) is 0 Å². The topological polar surface area (TPSA) is 71.9 Å². The van der Waals surface area contributed by atoms with Gasteiger partial charge in [-0.3, -0.25) is 4.79 Å². The van der Waals surface area contributed by atoms with Gasteiger partial charge >= 0.3 is 0 Å². The van der Waals surface area contributed by atoms with Gasteiger partial charge in [0.05, 0.1) is 25.4 Å². The average Bonchev–Trinajstić information content (AvgIpc) is 3.13. The molecule has 4 rings (SSSR count). The summed E-state index contributed by atoms with van der Waals surface area (Å²) in [6.07, 6.45) is 1.51. The predicted octanol–water partition coefficient (Wildman–Crippen LogP) is 4.06. The zero-order chi connectivity index (χ0) is 19.8. The van der Waals surface area contributed by atoms with Crippen LogP contribution in [0.15, 0.2) is 36.4 Å². The highest BCUT2D eigenvalue weighted by Crippen LogP contribution is 2.40. The van der Waals surface area contributed by atoms with Crippen molar-refractivity contribution in [1.29, 1.82) is 0 Å². The average molecular weight is 378 g/mol. The third-order valence-corrected chi connectivity index (χ3v) is 5.16. The van der Waals surface area contributed by atoms with Crippen molar-refractivity contribution in [3.63, 3.8) is 0 Å². The summed E-state index contributed by atoms with van der Waals surface area (Å²) < 4.78 is 10.5. The molecule has 1 N–H and O–H groups in total. The number of carbonyl (C=O) groups is 1. The highest BCUT2D eigenvalue weighted by molar-refractivity contribution is 5.98. The first kappa shape index (κ1) is 18.1. The molecule has 0 atom stereocenters. The maximum Gasteiger partial charge on any atom is 0.227 e. The number of pyridine rings is 1. The lowest BCUT2D eigenvalue weighted by Crippen LogP contribution is -2.23. The van der Waals surface area contributed by atoms with Crippen molar-refractivity contribution in [3.05, 3.63) is 42.0 Å². The van der Waals surface area contributed by atoms with E-state index in [0.717, 1.165) is 46.4 Å². The zero-order valence-corrected chi connectivity index (χ0v) is 16.2. The predicted molar refractivity (Wildman–Crippen MR) is 108 cm³/mol. The number of aryl methyl sites for hydroxylation is 1. The van der Waals surface area contributed by atoms with Crippen LogP contribution in [0.3, 0.4) is 0 Å². The van der Waals surface area contributed by atoms with Crippen LogP contribution in [0.25, 0.3) is 22.2 Å². The van der Waals surface area contributed by atoms with Crippen molar-refractivity contribution in [2.75, 3.05) is 25.7 Å². The minimum Gasteiger partial charge on any atom is -0.502 e. The largest absolute Gasteiger partial charge is 0.502 e. The molecule has 1 saturated heterocycles. The molecular weight excluding hydrogens is 356 g/mol. The summed E-state index contributed by atoms with van der Waals surface area (Å²) in [6, 6.07) is 11.4. The first-order chi connectivity index (χ1) is 13.5. The molecular formula is C22H22N2O4. The number of phenolic OH excluding ortho intramolecular Hbond substituents is 1. The first-order valence-electron chi connectivity index (χ1n) is 9.19. The summed E-state index contributed by atoms with van der Waals surface area (Å²) in [4.78, 5) is 18.7. The minimum atomic E-state index is -0.0359. The molecule has 6 nitrogen and oxygen atoms in total. The zero-order valence-electron chi connectivity index (χ0n) is 16.2. The number of rotatable bonds is 4. The fraction of sp³-hybridized carbons (Fsp3) is 0.273. The number of ether oxygens (including phenoxy) is 2. The highest BCUT2D eigenvalue weighted by atomic mass is 16.5. The lowest BCUT2D eigenvalue weighted by atomic mass is 10.0. The second-order valence-corrected chi connectivity index (χ2v) is 6.90. The summed E-state index contributed by atoms with van der Waals surface area (Å²) in [5, 5.41) is 11.2. The van der Waals surface area contributed by atoms with E-state index < -0.39 is 0 Å².